The molecule has 1 heterocycles. The molecule has 2 aromatic rings. The van der Waals surface area contributed by atoms with Crippen molar-refractivity contribution in [3.05, 3.63) is 54.1 Å². The van der Waals surface area contributed by atoms with Crippen molar-refractivity contribution in [2.75, 3.05) is 45.4 Å². The van der Waals surface area contributed by atoms with Crippen LogP contribution in [0.25, 0.3) is 0 Å². The molecule has 0 N–H and O–H groups in total. The minimum atomic E-state index is -0.422. The van der Waals surface area contributed by atoms with Crippen LogP contribution in [-0.2, 0) is 14.3 Å². The van der Waals surface area contributed by atoms with E-state index in [0.717, 1.165) is 36.4 Å². The molecular formula is C24H30N2O5. The van der Waals surface area contributed by atoms with E-state index < -0.39 is 5.97 Å². The second-order valence-corrected chi connectivity index (χ2v) is 7.36. The number of carbonyl (C=O) groups excluding carboxylic acids is 2. The Labute approximate surface area is 183 Å². The summed E-state index contributed by atoms with van der Waals surface area (Å²) in [6.45, 7) is 2.92. The average Bonchev–Trinajstić information content (AvgIpc) is 3.25. The summed E-state index contributed by atoms with van der Waals surface area (Å²) in [5.41, 5.74) is 1.71. The van der Waals surface area contributed by atoms with Gasteiger partial charge in [0.25, 0.3) is 0 Å². The highest BCUT2D eigenvalue weighted by Gasteiger charge is 2.32. The lowest BCUT2D eigenvalue weighted by Gasteiger charge is -2.29. The summed E-state index contributed by atoms with van der Waals surface area (Å²) in [6, 6.07) is 15.1. The van der Waals surface area contributed by atoms with Crippen molar-refractivity contribution in [3.8, 4) is 11.5 Å². The number of methoxy groups -OCH3 is 2. The molecule has 1 unspecified atom stereocenters. The molecule has 0 bridgehead atoms. The molecule has 1 atom stereocenters. The molecule has 0 spiro atoms. The number of rotatable bonds is 9. The summed E-state index contributed by atoms with van der Waals surface area (Å²) >= 11 is 0. The van der Waals surface area contributed by atoms with E-state index in [1.54, 1.807) is 21.1 Å². The van der Waals surface area contributed by atoms with Crippen LogP contribution in [0.1, 0.15) is 31.4 Å². The minimum Gasteiger partial charge on any atom is -0.497 e. The van der Waals surface area contributed by atoms with Crippen molar-refractivity contribution in [1.29, 1.82) is 0 Å². The van der Waals surface area contributed by atoms with Crippen LogP contribution in [0.5, 0.6) is 11.5 Å². The van der Waals surface area contributed by atoms with Crippen LogP contribution in [0, 0.1) is 0 Å². The van der Waals surface area contributed by atoms with Gasteiger partial charge in [0.05, 0.1) is 27.4 Å². The van der Waals surface area contributed by atoms with Crippen molar-refractivity contribution in [3.63, 3.8) is 0 Å². The molecular weight excluding hydrogens is 396 g/mol. The second kappa shape index (κ2) is 10.8. The predicted molar refractivity (Wildman–Crippen MR) is 119 cm³/mol. The monoisotopic (exact) mass is 426 g/mol. The van der Waals surface area contributed by atoms with E-state index in [1.165, 1.54) is 4.90 Å². The molecule has 166 valence electrons. The molecule has 3 rings (SSSR count). The number of para-hydroxylation sites is 1. The fourth-order valence-electron chi connectivity index (χ4n) is 3.99. The molecule has 1 fully saturated rings. The van der Waals surface area contributed by atoms with Gasteiger partial charge in [-0.1, -0.05) is 24.3 Å². The second-order valence-electron chi connectivity index (χ2n) is 7.36. The minimum absolute atomic E-state index is 0.0602. The van der Waals surface area contributed by atoms with E-state index in [0.29, 0.717) is 5.69 Å². The number of hydrogen-bond donors (Lipinski definition) is 0. The molecule has 2 aromatic carbocycles. The Morgan fingerprint density at radius 1 is 1.10 bits per heavy atom. The highest BCUT2D eigenvalue weighted by Crippen LogP contribution is 2.38. The predicted octanol–water partition coefficient (Wildman–Crippen LogP) is 3.44. The van der Waals surface area contributed by atoms with E-state index >= 15 is 0 Å². The maximum absolute atomic E-state index is 13.3. The molecule has 0 aromatic heterocycles. The summed E-state index contributed by atoms with van der Waals surface area (Å²) in [4.78, 5) is 29.1. The number of ether oxygens (including phenoxy) is 3. The molecule has 0 saturated carbocycles. The third-order valence-corrected chi connectivity index (χ3v) is 5.46. The molecule has 1 amide bonds. The molecule has 1 aliphatic heterocycles. The van der Waals surface area contributed by atoms with Gasteiger partial charge < -0.3 is 19.1 Å². The van der Waals surface area contributed by atoms with E-state index in [-0.39, 0.29) is 31.6 Å². The number of anilines is 1. The van der Waals surface area contributed by atoms with E-state index in [4.69, 9.17) is 14.2 Å². The maximum atomic E-state index is 13.3. The lowest BCUT2D eigenvalue weighted by Crippen LogP contribution is -2.43. The molecule has 7 heteroatoms. The van der Waals surface area contributed by atoms with E-state index in [9.17, 15) is 9.59 Å². The largest absolute Gasteiger partial charge is 0.497 e. The van der Waals surface area contributed by atoms with Crippen LogP contribution in [0.15, 0.2) is 48.5 Å². The Morgan fingerprint density at radius 3 is 2.55 bits per heavy atom. The van der Waals surface area contributed by atoms with Crippen LogP contribution in [0.4, 0.5) is 5.69 Å². The summed E-state index contributed by atoms with van der Waals surface area (Å²) in [7, 11) is 3.26. The van der Waals surface area contributed by atoms with Gasteiger partial charge in [-0.2, -0.15) is 0 Å². The number of amides is 1. The van der Waals surface area contributed by atoms with Crippen LogP contribution in [-0.4, -0.2) is 57.2 Å². The van der Waals surface area contributed by atoms with E-state index in [2.05, 4.69) is 4.90 Å². The van der Waals surface area contributed by atoms with Crippen molar-refractivity contribution in [2.24, 2.45) is 0 Å². The van der Waals surface area contributed by atoms with Crippen LogP contribution in [0.2, 0.25) is 0 Å². The normalized spacial score (nSPS) is 16.0. The zero-order valence-corrected chi connectivity index (χ0v) is 18.4. The fraction of sp³-hybridized carbons (Fsp3) is 0.417. The topological polar surface area (TPSA) is 68.3 Å². The molecule has 0 radical (unpaired) electrons. The lowest BCUT2D eigenvalue weighted by atomic mass is 10.0. The number of esters is 1. The van der Waals surface area contributed by atoms with Crippen LogP contribution >= 0.6 is 0 Å². The molecule has 31 heavy (non-hydrogen) atoms. The Morgan fingerprint density at radius 2 is 1.87 bits per heavy atom. The van der Waals surface area contributed by atoms with Crippen molar-refractivity contribution in [2.45, 2.75) is 25.8 Å². The first-order valence-electron chi connectivity index (χ1n) is 10.5. The van der Waals surface area contributed by atoms with Gasteiger partial charge in [-0.15, -0.1) is 0 Å². The summed E-state index contributed by atoms with van der Waals surface area (Å²) in [5.74, 6) is 0.911. The zero-order chi connectivity index (χ0) is 22.2. The molecule has 7 nitrogen and oxygen atoms in total. The lowest BCUT2D eigenvalue weighted by molar-refractivity contribution is -0.142. The first-order valence-corrected chi connectivity index (χ1v) is 10.5. The summed E-state index contributed by atoms with van der Waals surface area (Å²) < 4.78 is 16.0. The van der Waals surface area contributed by atoms with Crippen molar-refractivity contribution in [1.82, 2.24) is 4.90 Å². The molecule has 1 aliphatic rings. The highest BCUT2D eigenvalue weighted by atomic mass is 16.5. The maximum Gasteiger partial charge on any atom is 0.326 e. The summed E-state index contributed by atoms with van der Waals surface area (Å²) in [5, 5.41) is 0. The fourth-order valence-corrected chi connectivity index (χ4v) is 3.99. The first kappa shape index (κ1) is 22.6. The van der Waals surface area contributed by atoms with Crippen molar-refractivity contribution < 1.29 is 23.8 Å². The van der Waals surface area contributed by atoms with Gasteiger partial charge in [-0.3, -0.25) is 14.5 Å². The summed E-state index contributed by atoms with van der Waals surface area (Å²) in [6.07, 6.45) is 1.91. The van der Waals surface area contributed by atoms with Gasteiger partial charge in [0.15, 0.2) is 0 Å². The number of nitrogens with zero attached hydrogens (tertiary/aromatic N) is 2. The zero-order valence-electron chi connectivity index (χ0n) is 18.4. The average molecular weight is 427 g/mol. The molecule has 0 aliphatic carbocycles. The molecule has 1 saturated heterocycles. The van der Waals surface area contributed by atoms with Gasteiger partial charge >= 0.3 is 5.97 Å². The van der Waals surface area contributed by atoms with Crippen molar-refractivity contribution >= 4 is 17.6 Å². The van der Waals surface area contributed by atoms with Crippen LogP contribution in [0.3, 0.4) is 0 Å². The Hall–Kier alpha value is -3.06. The SMILES string of the molecule is CCOC(=O)CN(C(=O)CN1CCCC1c1ccc(OC)cc1OC)c1ccccc1. The quantitative estimate of drug-likeness (QED) is 0.572. The Bertz CT molecular complexity index is 887. The smallest absolute Gasteiger partial charge is 0.326 e. The number of hydrogen-bond acceptors (Lipinski definition) is 6. The standard InChI is InChI=1S/C24H30N2O5/c1-4-31-24(28)17-26(18-9-6-5-7-10-18)23(27)16-25-14-8-11-21(25)20-13-12-19(29-2)15-22(20)30-3/h5-7,9-10,12-13,15,21H,4,8,11,14,16-17H2,1-3H3. The van der Waals surface area contributed by atoms with Gasteiger partial charge in [0, 0.05) is 23.4 Å². The number of likely N-dealkylation sites (tertiary alicyclic amines) is 1. The van der Waals surface area contributed by atoms with Crippen LogP contribution < -0.4 is 14.4 Å². The highest BCUT2D eigenvalue weighted by molar-refractivity contribution is 5.98. The van der Waals surface area contributed by atoms with Gasteiger partial charge in [0.1, 0.15) is 18.0 Å². The van der Waals surface area contributed by atoms with Gasteiger partial charge in [-0.25, -0.2) is 0 Å². The number of benzene rings is 2. The van der Waals surface area contributed by atoms with Gasteiger partial charge in [-0.05, 0) is 44.5 Å². The van der Waals surface area contributed by atoms with Gasteiger partial charge in [0.2, 0.25) is 5.91 Å². The first-order chi connectivity index (χ1) is 15.1. The number of carbonyl (C=O) groups is 2. The Kier molecular flexibility index (Phi) is 7.89. The Balaban J connectivity index is 1.80. The third-order valence-electron chi connectivity index (χ3n) is 5.46. The van der Waals surface area contributed by atoms with E-state index in [1.807, 2.05) is 48.5 Å². The third kappa shape index (κ3) is 5.55.